The molecule has 2 atom stereocenters. The number of nitrogens with zero attached hydrogens (tertiary/aromatic N) is 2. The fourth-order valence-electron chi connectivity index (χ4n) is 4.42. The number of aryl methyl sites for hydroxylation is 1. The van der Waals surface area contributed by atoms with Crippen molar-refractivity contribution in [3.8, 4) is 0 Å². The maximum absolute atomic E-state index is 12.6. The molecule has 3 nitrogen and oxygen atoms in total. The zero-order chi connectivity index (χ0) is 17.2. The van der Waals surface area contributed by atoms with Crippen LogP contribution in [0.15, 0.2) is 24.3 Å². The minimum atomic E-state index is 0.101. The largest absolute Gasteiger partial charge is 0.333 e. The lowest BCUT2D eigenvalue weighted by Gasteiger charge is -2.38. The van der Waals surface area contributed by atoms with Crippen LogP contribution in [0.25, 0.3) is 0 Å². The van der Waals surface area contributed by atoms with Gasteiger partial charge >= 0.3 is 0 Å². The molecule has 2 aliphatic heterocycles. The van der Waals surface area contributed by atoms with Crippen molar-refractivity contribution in [1.82, 2.24) is 9.80 Å². The first kappa shape index (κ1) is 17.5. The maximum atomic E-state index is 12.6. The lowest BCUT2D eigenvalue weighted by atomic mass is 9.87. The Morgan fingerprint density at radius 2 is 1.88 bits per heavy atom. The number of hydrogen-bond acceptors (Lipinski definition) is 2. The number of amides is 1. The van der Waals surface area contributed by atoms with Gasteiger partial charge < -0.3 is 9.80 Å². The van der Waals surface area contributed by atoms with E-state index in [0.29, 0.717) is 11.9 Å². The third kappa shape index (κ3) is 3.51. The number of rotatable bonds is 4. The monoisotopic (exact) mass is 328 g/mol. The summed E-state index contributed by atoms with van der Waals surface area (Å²) in [5, 5.41) is 0. The summed E-state index contributed by atoms with van der Waals surface area (Å²) in [5.74, 6) is 0.354. The van der Waals surface area contributed by atoms with Crippen molar-refractivity contribution in [1.29, 1.82) is 0 Å². The molecule has 0 radical (unpaired) electrons. The van der Waals surface area contributed by atoms with Crippen LogP contribution in [0.1, 0.15) is 63.5 Å². The van der Waals surface area contributed by atoms with Gasteiger partial charge in [0.05, 0.1) is 0 Å². The van der Waals surface area contributed by atoms with Crippen molar-refractivity contribution in [2.75, 3.05) is 13.1 Å². The Bertz CT molecular complexity index is 568. The van der Waals surface area contributed by atoms with Gasteiger partial charge in [0, 0.05) is 31.1 Å². The Hall–Kier alpha value is -1.35. The minimum Gasteiger partial charge on any atom is -0.333 e. The van der Waals surface area contributed by atoms with Crippen LogP contribution in [0.2, 0.25) is 0 Å². The summed E-state index contributed by atoms with van der Waals surface area (Å²) in [6, 6.07) is 9.32. The number of hydrogen-bond donors (Lipinski definition) is 0. The van der Waals surface area contributed by atoms with Crippen molar-refractivity contribution < 1.29 is 4.79 Å². The van der Waals surface area contributed by atoms with Crippen LogP contribution in [0.4, 0.5) is 0 Å². The SMILES string of the molecule is CC[C@@H](C)N1CCC[C@@]2(CCC(=O)N2Cc2ccc(C)cc2)CC1. The molecule has 2 saturated heterocycles. The van der Waals surface area contributed by atoms with Crippen molar-refractivity contribution >= 4 is 5.91 Å². The zero-order valence-electron chi connectivity index (χ0n) is 15.6. The smallest absolute Gasteiger partial charge is 0.223 e. The molecule has 1 spiro atoms. The fourth-order valence-corrected chi connectivity index (χ4v) is 4.42. The summed E-state index contributed by atoms with van der Waals surface area (Å²) in [5.41, 5.74) is 2.64. The van der Waals surface area contributed by atoms with Crippen LogP contribution in [0, 0.1) is 6.92 Å². The molecular weight excluding hydrogens is 296 g/mol. The van der Waals surface area contributed by atoms with Gasteiger partial charge in [-0.3, -0.25) is 4.79 Å². The van der Waals surface area contributed by atoms with Gasteiger partial charge in [-0.2, -0.15) is 0 Å². The summed E-state index contributed by atoms with van der Waals surface area (Å²) >= 11 is 0. The molecule has 24 heavy (non-hydrogen) atoms. The summed E-state index contributed by atoms with van der Waals surface area (Å²) < 4.78 is 0. The first-order valence-corrected chi connectivity index (χ1v) is 9.64. The van der Waals surface area contributed by atoms with E-state index >= 15 is 0 Å². The second-order valence-corrected chi connectivity index (χ2v) is 7.84. The second kappa shape index (κ2) is 7.26. The van der Waals surface area contributed by atoms with Gasteiger partial charge in [0.25, 0.3) is 0 Å². The molecule has 2 heterocycles. The number of carbonyl (C=O) groups is 1. The molecule has 1 amide bonds. The van der Waals surface area contributed by atoms with Crippen molar-refractivity contribution in [3.63, 3.8) is 0 Å². The molecule has 0 saturated carbocycles. The summed E-state index contributed by atoms with van der Waals surface area (Å²) in [4.78, 5) is 17.5. The quantitative estimate of drug-likeness (QED) is 0.829. The molecule has 2 aliphatic rings. The highest BCUT2D eigenvalue weighted by Gasteiger charge is 2.45. The third-order valence-corrected chi connectivity index (χ3v) is 6.31. The van der Waals surface area contributed by atoms with Gasteiger partial charge in [-0.25, -0.2) is 0 Å². The summed E-state index contributed by atoms with van der Waals surface area (Å²) in [6.07, 6.45) is 6.49. The second-order valence-electron chi connectivity index (χ2n) is 7.84. The standard InChI is InChI=1S/C21H32N2O/c1-4-18(3)22-14-5-11-21(13-15-22)12-10-20(24)23(21)16-19-8-6-17(2)7-9-19/h6-9,18H,4-5,10-16H2,1-3H3/t18-,21-/m1/s1. The Morgan fingerprint density at radius 3 is 2.58 bits per heavy atom. The van der Waals surface area contributed by atoms with E-state index in [1.165, 1.54) is 30.5 Å². The van der Waals surface area contributed by atoms with Gasteiger partial charge in [-0.15, -0.1) is 0 Å². The minimum absolute atomic E-state index is 0.101. The van der Waals surface area contributed by atoms with E-state index in [1.807, 2.05) is 0 Å². The molecule has 0 aliphatic carbocycles. The average molecular weight is 329 g/mol. The van der Waals surface area contributed by atoms with Crippen LogP contribution >= 0.6 is 0 Å². The highest BCUT2D eigenvalue weighted by molar-refractivity contribution is 5.79. The molecule has 0 aromatic heterocycles. The van der Waals surface area contributed by atoms with Crippen molar-refractivity contribution in [2.45, 2.75) is 77.4 Å². The molecule has 0 unspecified atom stereocenters. The van der Waals surface area contributed by atoms with Crippen LogP contribution < -0.4 is 0 Å². The molecule has 2 fully saturated rings. The Labute approximate surface area is 147 Å². The highest BCUT2D eigenvalue weighted by atomic mass is 16.2. The Balaban J connectivity index is 1.75. The van der Waals surface area contributed by atoms with E-state index in [1.54, 1.807) is 0 Å². The molecule has 3 rings (SSSR count). The van der Waals surface area contributed by atoms with Crippen LogP contribution in [0.3, 0.4) is 0 Å². The number of likely N-dealkylation sites (tertiary alicyclic amines) is 2. The molecule has 0 N–H and O–H groups in total. The topological polar surface area (TPSA) is 23.6 Å². The van der Waals surface area contributed by atoms with E-state index in [9.17, 15) is 4.79 Å². The first-order valence-electron chi connectivity index (χ1n) is 9.64. The maximum Gasteiger partial charge on any atom is 0.223 e. The molecule has 0 bridgehead atoms. The van der Waals surface area contributed by atoms with E-state index in [2.05, 4.69) is 54.8 Å². The Kier molecular flexibility index (Phi) is 5.29. The molecule has 1 aromatic rings. The highest BCUT2D eigenvalue weighted by Crippen LogP contribution is 2.40. The fraction of sp³-hybridized carbons (Fsp3) is 0.667. The molecular formula is C21H32N2O. The zero-order valence-corrected chi connectivity index (χ0v) is 15.6. The van der Waals surface area contributed by atoms with Crippen LogP contribution in [-0.2, 0) is 11.3 Å². The number of benzene rings is 1. The van der Waals surface area contributed by atoms with Gasteiger partial charge in [0.15, 0.2) is 0 Å². The van der Waals surface area contributed by atoms with Crippen molar-refractivity contribution in [2.24, 2.45) is 0 Å². The van der Waals surface area contributed by atoms with Gasteiger partial charge in [0.2, 0.25) is 5.91 Å². The van der Waals surface area contributed by atoms with Crippen LogP contribution in [-0.4, -0.2) is 40.4 Å². The lowest BCUT2D eigenvalue weighted by molar-refractivity contribution is -0.132. The summed E-state index contributed by atoms with van der Waals surface area (Å²) in [6.45, 7) is 9.81. The van der Waals surface area contributed by atoms with Crippen LogP contribution in [0.5, 0.6) is 0 Å². The predicted octanol–water partition coefficient (Wildman–Crippen LogP) is 4.14. The van der Waals surface area contributed by atoms with E-state index in [-0.39, 0.29) is 5.54 Å². The molecule has 3 heteroatoms. The van der Waals surface area contributed by atoms with Gasteiger partial charge in [-0.1, -0.05) is 36.8 Å². The Morgan fingerprint density at radius 1 is 1.12 bits per heavy atom. The summed E-state index contributed by atoms with van der Waals surface area (Å²) in [7, 11) is 0. The van der Waals surface area contributed by atoms with E-state index < -0.39 is 0 Å². The van der Waals surface area contributed by atoms with Crippen molar-refractivity contribution in [3.05, 3.63) is 35.4 Å². The normalized spacial score (nSPS) is 26.8. The molecule has 132 valence electrons. The molecule has 1 aromatic carbocycles. The van der Waals surface area contributed by atoms with Gasteiger partial charge in [0.1, 0.15) is 0 Å². The average Bonchev–Trinajstić information content (AvgIpc) is 2.76. The van der Waals surface area contributed by atoms with E-state index in [4.69, 9.17) is 0 Å². The van der Waals surface area contributed by atoms with E-state index in [0.717, 1.165) is 38.8 Å². The number of carbonyl (C=O) groups excluding carboxylic acids is 1. The lowest BCUT2D eigenvalue weighted by Crippen LogP contribution is -2.46. The van der Waals surface area contributed by atoms with Gasteiger partial charge in [-0.05, 0) is 58.1 Å². The first-order chi connectivity index (χ1) is 11.5. The third-order valence-electron chi connectivity index (χ3n) is 6.31. The predicted molar refractivity (Wildman–Crippen MR) is 98.9 cm³/mol.